The Labute approximate surface area is 173 Å². The number of sulfonamides is 1. The summed E-state index contributed by atoms with van der Waals surface area (Å²) in [6.07, 6.45) is 2.96. The third-order valence-electron chi connectivity index (χ3n) is 6.39. The second kappa shape index (κ2) is 7.40. The van der Waals surface area contributed by atoms with Gasteiger partial charge in [-0.1, -0.05) is 0 Å². The van der Waals surface area contributed by atoms with Crippen LogP contribution in [0.25, 0.3) is 0 Å². The zero-order chi connectivity index (χ0) is 21.7. The number of fused-ring (bicyclic) bond motifs is 1. The highest BCUT2D eigenvalue weighted by molar-refractivity contribution is 7.89. The predicted molar refractivity (Wildman–Crippen MR) is 112 cm³/mol. The van der Waals surface area contributed by atoms with Gasteiger partial charge in [-0.3, -0.25) is 9.59 Å². The van der Waals surface area contributed by atoms with Crippen LogP contribution in [0.3, 0.4) is 0 Å². The fourth-order valence-corrected chi connectivity index (χ4v) is 5.71. The molecule has 0 bridgehead atoms. The largest absolute Gasteiger partial charge is 0.336 e. The van der Waals surface area contributed by atoms with Gasteiger partial charge in [-0.25, -0.2) is 8.42 Å². The van der Waals surface area contributed by atoms with E-state index in [1.54, 1.807) is 37.9 Å². The van der Waals surface area contributed by atoms with Crippen LogP contribution in [-0.2, 0) is 25.0 Å². The van der Waals surface area contributed by atoms with Crippen LogP contribution in [0.4, 0.5) is 5.69 Å². The molecule has 2 heterocycles. The average molecular weight is 422 g/mol. The summed E-state index contributed by atoms with van der Waals surface area (Å²) in [5, 5.41) is 0. The third kappa shape index (κ3) is 3.57. The Morgan fingerprint density at radius 2 is 1.79 bits per heavy atom. The Morgan fingerprint density at radius 1 is 1.21 bits per heavy atom. The molecule has 2 aliphatic heterocycles. The summed E-state index contributed by atoms with van der Waals surface area (Å²) in [5.41, 5.74) is 0.612. The summed E-state index contributed by atoms with van der Waals surface area (Å²) in [6, 6.07) is 4.97. The van der Waals surface area contributed by atoms with E-state index >= 15 is 0 Å². The number of benzene rings is 1. The lowest BCUT2D eigenvalue weighted by Gasteiger charge is -2.39. The number of hydrogen-bond acceptors (Lipinski definition) is 4. The van der Waals surface area contributed by atoms with Gasteiger partial charge >= 0.3 is 0 Å². The van der Waals surface area contributed by atoms with E-state index in [2.05, 4.69) is 0 Å². The number of nitrogens with zero attached hydrogens (tertiary/aromatic N) is 3. The fraction of sp³-hybridized carbons (Fsp3) is 0.619. The molecule has 2 amide bonds. The molecule has 0 N–H and O–H groups in total. The second-order valence-electron chi connectivity index (χ2n) is 8.86. The molecule has 1 saturated heterocycles. The van der Waals surface area contributed by atoms with Crippen molar-refractivity contribution in [2.75, 3.05) is 25.5 Å². The van der Waals surface area contributed by atoms with Gasteiger partial charge in [0.1, 0.15) is 0 Å². The standard InChI is InChI=1S/C21H31N3O4S/c1-14-8-7-9-15(2)24(14)19(25)13-22(5)29(27,28)16-10-11-18-17(12-16)21(3,4)20(26)23(18)6/h10-12,14-15H,7-9,13H2,1-6H3. The van der Waals surface area contributed by atoms with Gasteiger partial charge < -0.3 is 9.80 Å². The number of piperidine rings is 1. The van der Waals surface area contributed by atoms with Crippen molar-refractivity contribution in [2.45, 2.75) is 69.4 Å². The van der Waals surface area contributed by atoms with E-state index in [4.69, 9.17) is 0 Å². The van der Waals surface area contributed by atoms with Crippen LogP contribution < -0.4 is 4.90 Å². The quantitative estimate of drug-likeness (QED) is 0.748. The Morgan fingerprint density at radius 3 is 2.38 bits per heavy atom. The van der Waals surface area contributed by atoms with E-state index < -0.39 is 15.4 Å². The van der Waals surface area contributed by atoms with Crippen molar-refractivity contribution in [3.63, 3.8) is 0 Å². The first-order valence-electron chi connectivity index (χ1n) is 10.1. The van der Waals surface area contributed by atoms with Gasteiger partial charge in [0, 0.05) is 31.9 Å². The maximum Gasteiger partial charge on any atom is 0.243 e. The molecular weight excluding hydrogens is 390 g/mol. The van der Waals surface area contributed by atoms with Gasteiger partial charge in [-0.05, 0) is 70.7 Å². The zero-order valence-corrected chi connectivity index (χ0v) is 18.9. The molecule has 0 aliphatic carbocycles. The molecule has 3 rings (SSSR count). The first kappa shape index (κ1) is 21.8. The monoisotopic (exact) mass is 421 g/mol. The van der Waals surface area contributed by atoms with Crippen molar-refractivity contribution in [3.05, 3.63) is 23.8 Å². The smallest absolute Gasteiger partial charge is 0.243 e. The van der Waals surface area contributed by atoms with Crippen molar-refractivity contribution in [1.29, 1.82) is 0 Å². The molecule has 0 saturated carbocycles. The van der Waals surface area contributed by atoms with Gasteiger partial charge in [0.2, 0.25) is 21.8 Å². The topological polar surface area (TPSA) is 78.0 Å². The van der Waals surface area contributed by atoms with Crippen LogP contribution in [-0.4, -0.2) is 62.2 Å². The molecule has 0 spiro atoms. The van der Waals surface area contributed by atoms with E-state index in [1.807, 2.05) is 18.7 Å². The Bertz CT molecular complexity index is 931. The summed E-state index contributed by atoms with van der Waals surface area (Å²) in [4.78, 5) is 28.8. The number of hydrogen-bond donors (Lipinski definition) is 0. The predicted octanol–water partition coefficient (Wildman–Crippen LogP) is 2.35. The molecule has 1 aromatic rings. The average Bonchev–Trinajstić information content (AvgIpc) is 2.81. The molecule has 7 nitrogen and oxygen atoms in total. The number of carbonyl (C=O) groups excluding carboxylic acids is 2. The molecule has 2 aliphatic rings. The van der Waals surface area contributed by atoms with E-state index in [0.29, 0.717) is 11.3 Å². The number of amides is 2. The molecule has 29 heavy (non-hydrogen) atoms. The Kier molecular flexibility index (Phi) is 5.55. The number of rotatable bonds is 4. The minimum Gasteiger partial charge on any atom is -0.336 e. The van der Waals surface area contributed by atoms with Crippen molar-refractivity contribution < 1.29 is 18.0 Å². The SMILES string of the molecule is CC1CCCC(C)N1C(=O)CN(C)S(=O)(=O)c1ccc2c(c1)C(C)(C)C(=O)N2C. The van der Waals surface area contributed by atoms with Crippen LogP contribution >= 0.6 is 0 Å². The number of carbonyl (C=O) groups is 2. The highest BCUT2D eigenvalue weighted by atomic mass is 32.2. The first-order chi connectivity index (χ1) is 13.4. The number of anilines is 1. The molecule has 1 aromatic carbocycles. The van der Waals surface area contributed by atoms with Crippen molar-refractivity contribution in [3.8, 4) is 0 Å². The lowest BCUT2D eigenvalue weighted by molar-refractivity contribution is -0.137. The summed E-state index contributed by atoms with van der Waals surface area (Å²) < 4.78 is 27.4. The normalized spacial score (nSPS) is 24.2. The molecular formula is C21H31N3O4S. The number of likely N-dealkylation sites (tertiary alicyclic amines) is 1. The Balaban J connectivity index is 1.85. The summed E-state index contributed by atoms with van der Waals surface area (Å²) in [6.45, 7) is 7.41. The van der Waals surface area contributed by atoms with E-state index in [-0.39, 0.29) is 35.3 Å². The highest BCUT2D eigenvalue weighted by Gasteiger charge is 2.43. The molecule has 2 unspecified atom stereocenters. The van der Waals surface area contributed by atoms with Crippen LogP contribution in [0, 0.1) is 0 Å². The van der Waals surface area contributed by atoms with E-state index in [0.717, 1.165) is 23.6 Å². The minimum absolute atomic E-state index is 0.0707. The van der Waals surface area contributed by atoms with Gasteiger partial charge in [0.15, 0.2) is 0 Å². The van der Waals surface area contributed by atoms with Gasteiger partial charge in [-0.2, -0.15) is 4.31 Å². The lowest BCUT2D eigenvalue weighted by atomic mass is 9.86. The molecule has 2 atom stereocenters. The van der Waals surface area contributed by atoms with E-state index in [1.165, 1.54) is 13.1 Å². The molecule has 0 aromatic heterocycles. The third-order valence-corrected chi connectivity index (χ3v) is 8.19. The van der Waals surface area contributed by atoms with E-state index in [9.17, 15) is 18.0 Å². The summed E-state index contributed by atoms with van der Waals surface area (Å²) in [5.74, 6) is -0.245. The maximum absolute atomic E-state index is 13.1. The van der Waals surface area contributed by atoms with Gasteiger partial charge in [0.25, 0.3) is 0 Å². The molecule has 160 valence electrons. The fourth-order valence-electron chi connectivity index (χ4n) is 4.56. The van der Waals surface area contributed by atoms with Crippen molar-refractivity contribution in [1.82, 2.24) is 9.21 Å². The summed E-state index contributed by atoms with van der Waals surface area (Å²) >= 11 is 0. The summed E-state index contributed by atoms with van der Waals surface area (Å²) in [7, 11) is -0.735. The van der Waals surface area contributed by atoms with Crippen molar-refractivity contribution >= 4 is 27.5 Å². The van der Waals surface area contributed by atoms with Crippen LogP contribution in [0.1, 0.15) is 52.5 Å². The lowest BCUT2D eigenvalue weighted by Crippen LogP contribution is -2.51. The molecule has 0 radical (unpaired) electrons. The van der Waals surface area contributed by atoms with Gasteiger partial charge in [-0.15, -0.1) is 0 Å². The van der Waals surface area contributed by atoms with Crippen LogP contribution in [0.2, 0.25) is 0 Å². The van der Waals surface area contributed by atoms with Crippen molar-refractivity contribution in [2.24, 2.45) is 0 Å². The van der Waals surface area contributed by atoms with Gasteiger partial charge in [0.05, 0.1) is 16.9 Å². The minimum atomic E-state index is -3.86. The molecule has 8 heteroatoms. The zero-order valence-electron chi connectivity index (χ0n) is 18.1. The van der Waals surface area contributed by atoms with Crippen LogP contribution in [0.15, 0.2) is 23.1 Å². The Hall–Kier alpha value is -1.93. The first-order valence-corrected chi connectivity index (χ1v) is 11.5. The maximum atomic E-state index is 13.1. The second-order valence-corrected chi connectivity index (χ2v) is 10.9. The molecule has 1 fully saturated rings. The van der Waals surface area contributed by atoms with Crippen LogP contribution in [0.5, 0.6) is 0 Å². The highest BCUT2D eigenvalue weighted by Crippen LogP contribution is 2.41. The number of likely N-dealkylation sites (N-methyl/N-ethyl adjacent to an activating group) is 2.